The zero-order valence-corrected chi connectivity index (χ0v) is 26.0. The summed E-state index contributed by atoms with van der Waals surface area (Å²) < 4.78 is 28.2. The van der Waals surface area contributed by atoms with E-state index in [1.807, 2.05) is 30.3 Å². The fourth-order valence-electron chi connectivity index (χ4n) is 5.48. The Morgan fingerprint density at radius 1 is 1.00 bits per heavy atom. The molecule has 0 bridgehead atoms. The van der Waals surface area contributed by atoms with E-state index < -0.39 is 30.0 Å². The number of amides is 2. The molecule has 0 spiro atoms. The minimum absolute atomic E-state index is 0.0125. The van der Waals surface area contributed by atoms with Crippen LogP contribution in [-0.2, 0) is 61.6 Å². The van der Waals surface area contributed by atoms with Crippen molar-refractivity contribution in [3.05, 3.63) is 63.4 Å². The van der Waals surface area contributed by atoms with Crippen molar-refractivity contribution in [3.63, 3.8) is 0 Å². The van der Waals surface area contributed by atoms with Gasteiger partial charge in [0.1, 0.15) is 26.4 Å². The van der Waals surface area contributed by atoms with Crippen molar-refractivity contribution < 1.29 is 42.9 Å². The predicted octanol–water partition coefficient (Wildman–Crippen LogP) is -0.129. The number of rotatable bonds is 16. The minimum atomic E-state index is -1.89. The molecule has 0 saturated carbocycles. The van der Waals surface area contributed by atoms with E-state index >= 15 is 0 Å². The maximum Gasteiger partial charge on any atom is 0.355 e. The molecule has 0 fully saturated rings. The number of para-hydroxylation sites is 1. The molecule has 15 heteroatoms. The van der Waals surface area contributed by atoms with E-state index in [2.05, 4.69) is 10.6 Å². The molecular formula is C32H37N5O10. The number of benzene rings is 1. The number of nitrogens with one attached hydrogen (secondary N) is 2. The van der Waals surface area contributed by atoms with E-state index in [4.69, 9.17) is 34.4 Å². The molecule has 250 valence electrons. The summed E-state index contributed by atoms with van der Waals surface area (Å²) >= 11 is 0. The van der Waals surface area contributed by atoms with Crippen LogP contribution in [0.4, 0.5) is 0 Å². The van der Waals surface area contributed by atoms with Crippen LogP contribution in [0.3, 0.4) is 0 Å². The summed E-state index contributed by atoms with van der Waals surface area (Å²) in [4.78, 5) is 68.6. The van der Waals surface area contributed by atoms with Crippen LogP contribution in [0.1, 0.15) is 30.0 Å². The maximum absolute atomic E-state index is 13.6. The van der Waals surface area contributed by atoms with Crippen molar-refractivity contribution in [1.29, 1.82) is 0 Å². The summed E-state index contributed by atoms with van der Waals surface area (Å²) in [5, 5.41) is 5.91. The number of hydrogen-bond acceptors (Lipinski definition) is 12. The van der Waals surface area contributed by atoms with Gasteiger partial charge in [-0.25, -0.2) is 9.78 Å². The number of nitrogens with zero attached hydrogens (tertiary/aromatic N) is 2. The number of ether oxygens (including phenoxy) is 5. The molecule has 2 aliphatic rings. The number of nitrogens with two attached hydrogens (primary N) is 1. The molecule has 2 aromatic heterocycles. The molecule has 2 amide bonds. The Morgan fingerprint density at radius 2 is 1.74 bits per heavy atom. The molecule has 2 aliphatic heterocycles. The van der Waals surface area contributed by atoms with Gasteiger partial charge in [-0.15, -0.1) is 0 Å². The Hall–Kier alpha value is -4.70. The summed E-state index contributed by atoms with van der Waals surface area (Å²) in [5.74, 6) is -2.68. The van der Waals surface area contributed by atoms with Crippen molar-refractivity contribution in [3.8, 4) is 11.4 Å². The second kappa shape index (κ2) is 15.3. The molecule has 0 saturated heterocycles. The monoisotopic (exact) mass is 651 g/mol. The molecule has 4 N–H and O–H groups in total. The van der Waals surface area contributed by atoms with Gasteiger partial charge in [-0.05, 0) is 24.6 Å². The van der Waals surface area contributed by atoms with E-state index in [1.165, 1.54) is 0 Å². The molecule has 1 atom stereocenters. The molecule has 5 rings (SSSR count). The molecule has 0 radical (unpaired) electrons. The van der Waals surface area contributed by atoms with Gasteiger partial charge in [-0.3, -0.25) is 19.2 Å². The highest BCUT2D eigenvalue weighted by Gasteiger charge is 2.50. The normalized spacial score (nSPS) is 16.2. The van der Waals surface area contributed by atoms with Crippen molar-refractivity contribution in [2.45, 2.75) is 32.1 Å². The van der Waals surface area contributed by atoms with Gasteiger partial charge in [-0.1, -0.05) is 25.1 Å². The van der Waals surface area contributed by atoms with Crippen LogP contribution < -0.4 is 21.9 Å². The lowest BCUT2D eigenvalue weighted by atomic mass is 9.85. The molecule has 3 aromatic rings. The largest absolute Gasteiger partial charge is 0.457 e. The van der Waals surface area contributed by atoms with E-state index in [0.29, 0.717) is 37.7 Å². The Labute approximate surface area is 269 Å². The van der Waals surface area contributed by atoms with Crippen LogP contribution in [0, 0.1) is 0 Å². The summed E-state index contributed by atoms with van der Waals surface area (Å²) in [6, 6.07) is 11.3. The number of carbonyl (C=O) groups is 4. The van der Waals surface area contributed by atoms with Crippen LogP contribution in [0.25, 0.3) is 22.3 Å². The van der Waals surface area contributed by atoms with Gasteiger partial charge in [0.15, 0.2) is 0 Å². The average Bonchev–Trinajstić information content (AvgIpc) is 3.43. The van der Waals surface area contributed by atoms with Gasteiger partial charge >= 0.3 is 11.9 Å². The lowest BCUT2D eigenvalue weighted by Gasteiger charge is -2.35. The van der Waals surface area contributed by atoms with E-state index in [9.17, 15) is 24.0 Å². The van der Waals surface area contributed by atoms with E-state index in [-0.39, 0.29) is 68.6 Å². The molecule has 0 unspecified atom stereocenters. The van der Waals surface area contributed by atoms with Crippen LogP contribution in [0.5, 0.6) is 0 Å². The predicted molar refractivity (Wildman–Crippen MR) is 166 cm³/mol. The average molecular weight is 652 g/mol. The quantitative estimate of drug-likeness (QED) is 0.107. The third-order valence-corrected chi connectivity index (χ3v) is 7.77. The number of esters is 2. The fraction of sp³-hybridized carbons (Fsp3) is 0.438. The number of carbonyl (C=O) groups excluding carboxylic acids is 4. The van der Waals surface area contributed by atoms with Gasteiger partial charge in [0.05, 0.1) is 55.4 Å². The second-order valence-electron chi connectivity index (χ2n) is 10.9. The van der Waals surface area contributed by atoms with Gasteiger partial charge in [0.2, 0.25) is 17.4 Å². The first-order valence-electron chi connectivity index (χ1n) is 15.3. The minimum Gasteiger partial charge on any atom is -0.457 e. The summed E-state index contributed by atoms with van der Waals surface area (Å²) in [7, 11) is 0. The van der Waals surface area contributed by atoms with Crippen molar-refractivity contribution >= 4 is 34.7 Å². The Morgan fingerprint density at radius 3 is 2.53 bits per heavy atom. The summed E-state index contributed by atoms with van der Waals surface area (Å²) in [5.41, 5.74) is 6.26. The molecule has 4 heterocycles. The molecule has 47 heavy (non-hydrogen) atoms. The number of pyridine rings is 2. The van der Waals surface area contributed by atoms with Crippen molar-refractivity contribution in [1.82, 2.24) is 20.2 Å². The van der Waals surface area contributed by atoms with Crippen LogP contribution in [0.15, 0.2) is 41.2 Å². The first-order chi connectivity index (χ1) is 22.8. The highest BCUT2D eigenvalue weighted by Crippen LogP contribution is 2.40. The van der Waals surface area contributed by atoms with E-state index in [1.54, 1.807) is 17.6 Å². The lowest BCUT2D eigenvalue weighted by molar-refractivity contribution is -0.189. The molecular weight excluding hydrogens is 614 g/mol. The molecule has 1 aromatic carbocycles. The number of aromatic nitrogens is 2. The number of fused-ring (bicyclic) bond motifs is 5. The fourth-order valence-corrected chi connectivity index (χ4v) is 5.48. The first kappa shape index (κ1) is 33.7. The van der Waals surface area contributed by atoms with Crippen LogP contribution >= 0.6 is 0 Å². The Kier molecular flexibility index (Phi) is 10.9. The maximum atomic E-state index is 13.6. The van der Waals surface area contributed by atoms with Crippen LogP contribution in [0.2, 0.25) is 0 Å². The van der Waals surface area contributed by atoms with E-state index in [0.717, 1.165) is 16.5 Å². The third-order valence-electron chi connectivity index (χ3n) is 7.77. The van der Waals surface area contributed by atoms with Gasteiger partial charge in [0, 0.05) is 29.6 Å². The van der Waals surface area contributed by atoms with Crippen molar-refractivity contribution in [2.24, 2.45) is 5.73 Å². The van der Waals surface area contributed by atoms with Crippen molar-refractivity contribution in [2.75, 3.05) is 59.3 Å². The number of hydrogen-bond donors (Lipinski definition) is 3. The van der Waals surface area contributed by atoms with Crippen LogP contribution in [-0.4, -0.2) is 92.6 Å². The second-order valence-corrected chi connectivity index (χ2v) is 10.9. The smallest absolute Gasteiger partial charge is 0.355 e. The Balaban J connectivity index is 1.16. The van der Waals surface area contributed by atoms with Gasteiger partial charge in [-0.2, -0.15) is 0 Å². The topological polar surface area (TPSA) is 199 Å². The zero-order chi connectivity index (χ0) is 33.4. The third kappa shape index (κ3) is 7.49. The zero-order valence-electron chi connectivity index (χ0n) is 26.0. The first-order valence-corrected chi connectivity index (χ1v) is 15.3. The van der Waals surface area contributed by atoms with Gasteiger partial charge in [0.25, 0.3) is 5.56 Å². The highest BCUT2D eigenvalue weighted by molar-refractivity contribution is 5.89. The molecule has 15 nitrogen and oxygen atoms in total. The summed E-state index contributed by atoms with van der Waals surface area (Å²) in [6.45, 7) is 2.19. The standard InChI is InChI=1S/C32H37N5O10/c1-2-32(47-28(40)15-35-27(39)19-44-10-8-34-26(38)18-45-12-11-43-9-7-33)23-14-25-29-21(13-20-5-3-4-6-24(20)36-29)16-37(25)30(41)22(23)17-46-31(32)42/h3-6,13-14H,2,7-12,15-19,33H2,1H3,(H,34,38)(H,35,39)/t32-/m0/s1. The SMILES string of the molecule is CC[C@@]1(OC(=O)CNC(=O)COCCNC(=O)COCCOCCN)C(=O)OCc2c1cc1n(c2=O)Cc2cc3ccccc3nc2-1. The van der Waals surface area contributed by atoms with Gasteiger partial charge < -0.3 is 44.6 Å². The Bertz CT molecular complexity index is 1720. The summed E-state index contributed by atoms with van der Waals surface area (Å²) in [6.07, 6.45) is -0.0125. The molecule has 0 aliphatic carbocycles. The number of cyclic esters (lactones) is 1. The highest BCUT2D eigenvalue weighted by atomic mass is 16.6. The lowest BCUT2D eigenvalue weighted by Crippen LogP contribution is -2.48.